The monoisotopic (exact) mass is 247 g/mol. The Morgan fingerprint density at radius 3 is 2.94 bits per heavy atom. The molecule has 4 heteroatoms. The van der Waals surface area contributed by atoms with Gasteiger partial charge in [-0.25, -0.2) is 4.39 Å². The number of rotatable bonds is 4. The first-order valence-corrected chi connectivity index (χ1v) is 6.15. The minimum atomic E-state index is -0.327. The summed E-state index contributed by atoms with van der Waals surface area (Å²) in [5.74, 6) is -0.257. The van der Waals surface area contributed by atoms with Gasteiger partial charge in [0.2, 0.25) is 0 Å². The van der Waals surface area contributed by atoms with E-state index >= 15 is 0 Å². The Morgan fingerprint density at radius 2 is 2.22 bits per heavy atom. The zero-order valence-electron chi connectivity index (χ0n) is 10.7. The van der Waals surface area contributed by atoms with Crippen molar-refractivity contribution in [3.8, 4) is 0 Å². The van der Waals surface area contributed by atoms with Crippen molar-refractivity contribution in [2.45, 2.75) is 32.9 Å². The summed E-state index contributed by atoms with van der Waals surface area (Å²) in [6, 6.07) is 4.37. The van der Waals surface area contributed by atoms with Gasteiger partial charge in [0.25, 0.3) is 0 Å². The van der Waals surface area contributed by atoms with E-state index in [9.17, 15) is 4.39 Å². The van der Waals surface area contributed by atoms with E-state index in [1.807, 2.05) is 17.8 Å². The number of hydrogen-bond acceptors (Lipinski definition) is 2. The second-order valence-corrected chi connectivity index (χ2v) is 4.52. The molecule has 96 valence electrons. The largest absolute Gasteiger partial charge is 0.320 e. The van der Waals surface area contributed by atoms with Gasteiger partial charge in [-0.15, -0.1) is 0 Å². The number of aromatic nitrogens is 2. The van der Waals surface area contributed by atoms with Gasteiger partial charge in [-0.05, 0) is 36.6 Å². The van der Waals surface area contributed by atoms with Gasteiger partial charge in [-0.3, -0.25) is 4.68 Å². The Kier molecular flexibility index (Phi) is 3.77. The number of nitrogens with two attached hydrogens (primary N) is 1. The fraction of sp³-hybridized carbons (Fsp3) is 0.357. The number of nitrogens with zero attached hydrogens (tertiary/aromatic N) is 2. The van der Waals surface area contributed by atoms with Crippen LogP contribution in [0.25, 0.3) is 0 Å². The van der Waals surface area contributed by atoms with Crippen LogP contribution in [-0.4, -0.2) is 9.78 Å². The van der Waals surface area contributed by atoms with Crippen molar-refractivity contribution in [2.75, 3.05) is 0 Å². The van der Waals surface area contributed by atoms with E-state index in [2.05, 4.69) is 12.0 Å². The molecule has 0 radical (unpaired) electrons. The van der Waals surface area contributed by atoms with Crippen LogP contribution in [0.1, 0.15) is 36.1 Å². The van der Waals surface area contributed by atoms with E-state index in [0.717, 1.165) is 29.7 Å². The molecule has 2 aromatic rings. The molecule has 0 aliphatic heterocycles. The molecule has 0 aliphatic rings. The molecule has 0 fully saturated rings. The van der Waals surface area contributed by atoms with Crippen LogP contribution in [0.2, 0.25) is 0 Å². The van der Waals surface area contributed by atoms with Gasteiger partial charge >= 0.3 is 0 Å². The lowest BCUT2D eigenvalue weighted by atomic mass is 9.98. The number of hydrogen-bond donors (Lipinski definition) is 1. The first-order valence-electron chi connectivity index (χ1n) is 6.15. The normalized spacial score (nSPS) is 12.7. The molecule has 1 atom stereocenters. The van der Waals surface area contributed by atoms with Crippen molar-refractivity contribution in [1.82, 2.24) is 9.78 Å². The highest BCUT2D eigenvalue weighted by Crippen LogP contribution is 2.23. The third kappa shape index (κ3) is 2.59. The zero-order valence-corrected chi connectivity index (χ0v) is 10.7. The summed E-state index contributed by atoms with van der Waals surface area (Å²) in [5, 5.41) is 4.25. The molecule has 1 unspecified atom stereocenters. The lowest BCUT2D eigenvalue weighted by molar-refractivity contribution is 0.601. The molecule has 3 nitrogen and oxygen atoms in total. The second-order valence-electron chi connectivity index (χ2n) is 4.52. The smallest absolute Gasteiger partial charge is 0.123 e. The van der Waals surface area contributed by atoms with Crippen molar-refractivity contribution in [3.63, 3.8) is 0 Å². The summed E-state index contributed by atoms with van der Waals surface area (Å²) in [4.78, 5) is 0. The molecule has 2 rings (SSSR count). The maximum Gasteiger partial charge on any atom is 0.123 e. The molecule has 0 saturated heterocycles. The third-order valence-electron chi connectivity index (χ3n) is 3.04. The molecule has 0 saturated carbocycles. The van der Waals surface area contributed by atoms with Crippen molar-refractivity contribution >= 4 is 0 Å². The van der Waals surface area contributed by atoms with Gasteiger partial charge in [0.05, 0.1) is 12.2 Å². The summed E-state index contributed by atoms with van der Waals surface area (Å²) in [6.45, 7) is 4.90. The van der Waals surface area contributed by atoms with E-state index < -0.39 is 0 Å². The summed E-state index contributed by atoms with van der Waals surface area (Å²) in [5.41, 5.74) is 8.89. The summed E-state index contributed by atoms with van der Waals surface area (Å²) >= 11 is 0. The average Bonchev–Trinajstić information content (AvgIpc) is 2.80. The van der Waals surface area contributed by atoms with Crippen LogP contribution in [-0.2, 0) is 6.54 Å². The zero-order chi connectivity index (χ0) is 13.1. The first-order chi connectivity index (χ1) is 8.61. The van der Waals surface area contributed by atoms with Gasteiger partial charge in [-0.1, -0.05) is 13.0 Å². The second kappa shape index (κ2) is 5.31. The lowest BCUT2D eigenvalue weighted by Gasteiger charge is -2.13. The van der Waals surface area contributed by atoms with Crippen LogP contribution in [0, 0.1) is 12.7 Å². The average molecular weight is 247 g/mol. The highest BCUT2D eigenvalue weighted by atomic mass is 19.1. The molecule has 18 heavy (non-hydrogen) atoms. The molecule has 0 spiro atoms. The Bertz CT molecular complexity index is 534. The maximum absolute atomic E-state index is 13.3. The van der Waals surface area contributed by atoms with Gasteiger partial charge in [0, 0.05) is 18.3 Å². The lowest BCUT2D eigenvalue weighted by Crippen LogP contribution is -2.13. The van der Waals surface area contributed by atoms with Gasteiger partial charge < -0.3 is 5.73 Å². The molecule has 0 aliphatic carbocycles. The Balaban J connectivity index is 2.29. The predicted octanol–water partition coefficient (Wildman–Crippen LogP) is 2.79. The van der Waals surface area contributed by atoms with Crippen LogP contribution in [0.3, 0.4) is 0 Å². The van der Waals surface area contributed by atoms with E-state index in [1.54, 1.807) is 12.3 Å². The van der Waals surface area contributed by atoms with Crippen LogP contribution < -0.4 is 5.73 Å². The van der Waals surface area contributed by atoms with Crippen molar-refractivity contribution in [2.24, 2.45) is 5.73 Å². The quantitative estimate of drug-likeness (QED) is 0.902. The predicted molar refractivity (Wildman–Crippen MR) is 69.7 cm³/mol. The molecule has 2 N–H and O–H groups in total. The van der Waals surface area contributed by atoms with E-state index in [4.69, 9.17) is 5.73 Å². The topological polar surface area (TPSA) is 43.8 Å². The molecule has 0 amide bonds. The fourth-order valence-corrected chi connectivity index (χ4v) is 2.02. The van der Waals surface area contributed by atoms with Gasteiger partial charge in [-0.2, -0.15) is 5.10 Å². The number of aryl methyl sites for hydroxylation is 2. The molecule has 1 heterocycles. The first kappa shape index (κ1) is 12.8. The third-order valence-corrected chi connectivity index (χ3v) is 3.04. The summed E-state index contributed by atoms with van der Waals surface area (Å²) in [7, 11) is 0. The summed E-state index contributed by atoms with van der Waals surface area (Å²) in [6.07, 6.45) is 4.71. The number of halogens is 1. The molecular formula is C14H18FN3. The van der Waals surface area contributed by atoms with Crippen LogP contribution in [0.4, 0.5) is 4.39 Å². The van der Waals surface area contributed by atoms with Crippen molar-refractivity contribution in [3.05, 3.63) is 53.1 Å². The van der Waals surface area contributed by atoms with E-state index in [1.165, 1.54) is 12.1 Å². The van der Waals surface area contributed by atoms with Crippen molar-refractivity contribution in [1.29, 1.82) is 0 Å². The van der Waals surface area contributed by atoms with Crippen LogP contribution in [0.5, 0.6) is 0 Å². The minimum absolute atomic E-state index is 0.257. The minimum Gasteiger partial charge on any atom is -0.320 e. The molecule has 1 aromatic heterocycles. The Labute approximate surface area is 106 Å². The highest BCUT2D eigenvalue weighted by molar-refractivity contribution is 5.35. The molecule has 1 aromatic carbocycles. The van der Waals surface area contributed by atoms with E-state index in [0.29, 0.717) is 0 Å². The number of benzene rings is 1. The maximum atomic E-state index is 13.3. The van der Waals surface area contributed by atoms with Gasteiger partial charge in [0.15, 0.2) is 0 Å². The highest BCUT2D eigenvalue weighted by Gasteiger charge is 2.14. The van der Waals surface area contributed by atoms with Gasteiger partial charge in [0.1, 0.15) is 5.82 Å². The fourth-order valence-electron chi connectivity index (χ4n) is 2.02. The molecule has 0 bridgehead atoms. The van der Waals surface area contributed by atoms with Crippen LogP contribution in [0.15, 0.2) is 30.6 Å². The summed E-state index contributed by atoms with van der Waals surface area (Å²) < 4.78 is 15.1. The van der Waals surface area contributed by atoms with Crippen molar-refractivity contribution < 1.29 is 4.39 Å². The standard InChI is InChI=1S/C14H18FN3/c1-3-6-18-9-11(8-17-18)14(16)13-7-12(15)5-4-10(13)2/h4-5,7-9,14H,3,6,16H2,1-2H3. The Hall–Kier alpha value is -1.68. The Morgan fingerprint density at radius 1 is 1.44 bits per heavy atom. The molecular weight excluding hydrogens is 229 g/mol. The van der Waals surface area contributed by atoms with E-state index in [-0.39, 0.29) is 11.9 Å². The van der Waals surface area contributed by atoms with Crippen LogP contribution >= 0.6 is 0 Å². The SMILES string of the molecule is CCCn1cc(C(N)c2cc(F)ccc2C)cn1.